The van der Waals surface area contributed by atoms with Gasteiger partial charge in [0.2, 0.25) is 0 Å². The monoisotopic (exact) mass is 437 g/mol. The second-order valence-corrected chi connectivity index (χ2v) is 7.76. The smallest absolute Gasteiger partial charge is 0.142 e. The highest BCUT2D eigenvalue weighted by molar-refractivity contribution is 9.10. The third-order valence-electron chi connectivity index (χ3n) is 3.58. The predicted molar refractivity (Wildman–Crippen MR) is 105 cm³/mol. The van der Waals surface area contributed by atoms with E-state index in [9.17, 15) is 5.26 Å². The maximum atomic E-state index is 9.52. The highest BCUT2D eigenvalue weighted by Gasteiger charge is 2.20. The first kappa shape index (κ1) is 17.2. The Bertz CT molecular complexity index is 992. The summed E-state index contributed by atoms with van der Waals surface area (Å²) < 4.78 is 0.951. The number of nitrogens with two attached hydrogens (primary N) is 1. The number of thiophene rings is 1. The van der Waals surface area contributed by atoms with Gasteiger partial charge in [0.25, 0.3) is 0 Å². The van der Waals surface area contributed by atoms with Crippen LogP contribution in [0.3, 0.4) is 0 Å². The molecule has 3 aromatic rings. The summed E-state index contributed by atoms with van der Waals surface area (Å²) in [6.07, 6.45) is 0. The molecule has 0 unspecified atom stereocenters. The zero-order valence-corrected chi connectivity index (χ0v) is 16.3. The van der Waals surface area contributed by atoms with Crippen molar-refractivity contribution in [3.8, 4) is 27.8 Å². The van der Waals surface area contributed by atoms with Gasteiger partial charge in [-0.25, -0.2) is 4.98 Å². The number of nitriles is 1. The Kier molecular flexibility index (Phi) is 4.84. The number of pyridine rings is 1. The fraction of sp³-hybridized carbons (Fsp3) is 0.0588. The van der Waals surface area contributed by atoms with Crippen LogP contribution in [0.15, 0.2) is 34.1 Å². The van der Waals surface area contributed by atoms with Crippen molar-refractivity contribution in [1.29, 1.82) is 5.26 Å². The number of aromatic nitrogens is 1. The molecule has 3 nitrogen and oxygen atoms in total. The van der Waals surface area contributed by atoms with E-state index in [1.807, 2.05) is 18.4 Å². The number of hydrogen-bond acceptors (Lipinski definition) is 4. The Morgan fingerprint density at radius 2 is 2.04 bits per heavy atom. The van der Waals surface area contributed by atoms with E-state index in [0.717, 1.165) is 26.0 Å². The van der Waals surface area contributed by atoms with Crippen LogP contribution in [0.4, 0.5) is 5.82 Å². The first-order valence-corrected chi connectivity index (χ1v) is 9.25. The summed E-state index contributed by atoms with van der Waals surface area (Å²) in [4.78, 5) is 5.36. The lowest BCUT2D eigenvalue weighted by Gasteiger charge is -2.14. The summed E-state index contributed by atoms with van der Waals surface area (Å²) in [7, 11) is 0. The molecule has 0 aliphatic heterocycles. The standard InChI is InChI=1S/C17H10BrCl2N3S/c1-8-15(14-4-9(18)7-24-14)12(6-21)17(22)23-16(8)11-3-2-10(19)5-13(11)20/h2-5,7H,1H3,(H2,22,23). The number of rotatable bonds is 2. The minimum absolute atomic E-state index is 0.184. The van der Waals surface area contributed by atoms with Crippen molar-refractivity contribution in [2.24, 2.45) is 0 Å². The zero-order valence-electron chi connectivity index (χ0n) is 12.4. The lowest BCUT2D eigenvalue weighted by Crippen LogP contribution is -2.03. The second-order valence-electron chi connectivity index (χ2n) is 5.09. The molecule has 3 rings (SSSR count). The molecule has 0 fully saturated rings. The van der Waals surface area contributed by atoms with Gasteiger partial charge in [0, 0.05) is 30.9 Å². The maximum Gasteiger partial charge on any atom is 0.142 e. The number of anilines is 1. The van der Waals surface area contributed by atoms with Crippen molar-refractivity contribution in [1.82, 2.24) is 4.98 Å². The van der Waals surface area contributed by atoms with Gasteiger partial charge >= 0.3 is 0 Å². The molecule has 7 heteroatoms. The Morgan fingerprint density at radius 3 is 2.62 bits per heavy atom. The van der Waals surface area contributed by atoms with Crippen LogP contribution >= 0.6 is 50.5 Å². The molecule has 0 aliphatic carbocycles. The normalized spacial score (nSPS) is 10.6. The van der Waals surface area contributed by atoms with Gasteiger partial charge in [-0.2, -0.15) is 5.26 Å². The van der Waals surface area contributed by atoms with Crippen molar-refractivity contribution in [2.45, 2.75) is 6.92 Å². The molecule has 2 heterocycles. The first-order chi connectivity index (χ1) is 11.4. The number of nitrogens with zero attached hydrogens (tertiary/aromatic N) is 2. The largest absolute Gasteiger partial charge is 0.383 e. The fourth-order valence-corrected chi connectivity index (χ4v) is 4.54. The van der Waals surface area contributed by atoms with E-state index < -0.39 is 0 Å². The quantitative estimate of drug-likeness (QED) is 0.509. The highest BCUT2D eigenvalue weighted by Crippen LogP contribution is 2.41. The van der Waals surface area contributed by atoms with Crippen molar-refractivity contribution >= 4 is 56.3 Å². The zero-order chi connectivity index (χ0) is 17.4. The van der Waals surface area contributed by atoms with E-state index in [0.29, 0.717) is 21.3 Å². The molecule has 0 atom stereocenters. The Hall–Kier alpha value is -1.58. The van der Waals surface area contributed by atoms with Gasteiger partial charge in [-0.15, -0.1) is 11.3 Å². The number of halogens is 3. The van der Waals surface area contributed by atoms with E-state index in [1.165, 1.54) is 11.3 Å². The molecule has 24 heavy (non-hydrogen) atoms. The van der Waals surface area contributed by atoms with Crippen LogP contribution in [0.1, 0.15) is 11.1 Å². The number of nitrogen functional groups attached to an aromatic ring is 1. The van der Waals surface area contributed by atoms with E-state index in [1.54, 1.807) is 18.2 Å². The van der Waals surface area contributed by atoms with Crippen molar-refractivity contribution in [3.05, 3.63) is 55.3 Å². The molecular weight excluding hydrogens is 429 g/mol. The molecule has 0 radical (unpaired) electrons. The van der Waals surface area contributed by atoms with E-state index in [4.69, 9.17) is 28.9 Å². The average molecular weight is 439 g/mol. The van der Waals surface area contributed by atoms with E-state index in [-0.39, 0.29) is 5.82 Å². The molecule has 0 saturated carbocycles. The topological polar surface area (TPSA) is 62.7 Å². The van der Waals surface area contributed by atoms with Crippen LogP contribution in [0, 0.1) is 18.3 Å². The maximum absolute atomic E-state index is 9.52. The minimum atomic E-state index is 0.184. The lowest BCUT2D eigenvalue weighted by atomic mass is 9.97. The van der Waals surface area contributed by atoms with Gasteiger partial charge in [-0.3, -0.25) is 0 Å². The number of hydrogen-bond donors (Lipinski definition) is 1. The summed E-state index contributed by atoms with van der Waals surface area (Å²) in [5.41, 5.74) is 9.42. The Morgan fingerprint density at radius 1 is 1.29 bits per heavy atom. The molecule has 0 bridgehead atoms. The highest BCUT2D eigenvalue weighted by atomic mass is 79.9. The minimum Gasteiger partial charge on any atom is -0.383 e. The molecule has 1 aromatic carbocycles. The van der Waals surface area contributed by atoms with E-state index >= 15 is 0 Å². The Balaban J connectivity index is 2.34. The van der Waals surface area contributed by atoms with Crippen molar-refractivity contribution in [3.63, 3.8) is 0 Å². The molecular formula is C17H10BrCl2N3S. The number of benzene rings is 1. The lowest BCUT2D eigenvalue weighted by molar-refractivity contribution is 1.26. The summed E-state index contributed by atoms with van der Waals surface area (Å²) in [5, 5.41) is 12.5. The third kappa shape index (κ3) is 3.03. The molecule has 2 N–H and O–H groups in total. The molecule has 0 spiro atoms. The van der Waals surface area contributed by atoms with Gasteiger partial charge in [-0.05, 0) is 52.7 Å². The SMILES string of the molecule is Cc1c(-c2ccc(Cl)cc2Cl)nc(N)c(C#N)c1-c1cc(Br)cs1. The average Bonchev–Trinajstić information content (AvgIpc) is 2.95. The first-order valence-electron chi connectivity index (χ1n) is 6.82. The molecule has 120 valence electrons. The third-order valence-corrected chi connectivity index (χ3v) is 5.84. The van der Waals surface area contributed by atoms with Gasteiger partial charge in [-0.1, -0.05) is 23.2 Å². The van der Waals surface area contributed by atoms with Crippen molar-refractivity contribution < 1.29 is 0 Å². The molecule has 0 aliphatic rings. The van der Waals surface area contributed by atoms with Crippen LogP contribution < -0.4 is 5.73 Å². The predicted octanol–water partition coefficient (Wildman–Crippen LogP) is 6.31. The van der Waals surface area contributed by atoms with Crippen LogP contribution in [0.2, 0.25) is 10.0 Å². The molecule has 2 aromatic heterocycles. The van der Waals surface area contributed by atoms with Crippen LogP contribution in [0.25, 0.3) is 21.7 Å². The fourth-order valence-electron chi connectivity index (χ4n) is 2.50. The Labute approximate surface area is 161 Å². The van der Waals surface area contributed by atoms with Crippen LogP contribution in [-0.4, -0.2) is 4.98 Å². The van der Waals surface area contributed by atoms with Crippen LogP contribution in [-0.2, 0) is 0 Å². The van der Waals surface area contributed by atoms with Gasteiger partial charge in [0.15, 0.2) is 0 Å². The summed E-state index contributed by atoms with van der Waals surface area (Å²) >= 11 is 17.3. The summed E-state index contributed by atoms with van der Waals surface area (Å²) in [6.45, 7) is 1.91. The van der Waals surface area contributed by atoms with Gasteiger partial charge in [0.1, 0.15) is 17.5 Å². The second kappa shape index (κ2) is 6.73. The van der Waals surface area contributed by atoms with E-state index in [2.05, 4.69) is 27.0 Å². The summed E-state index contributed by atoms with van der Waals surface area (Å²) in [6, 6.07) is 9.34. The van der Waals surface area contributed by atoms with Gasteiger partial charge in [0.05, 0.1) is 10.7 Å². The summed E-state index contributed by atoms with van der Waals surface area (Å²) in [5.74, 6) is 0.184. The van der Waals surface area contributed by atoms with Crippen LogP contribution in [0.5, 0.6) is 0 Å². The molecule has 0 saturated heterocycles. The molecule has 0 amide bonds. The van der Waals surface area contributed by atoms with Gasteiger partial charge < -0.3 is 5.73 Å². The van der Waals surface area contributed by atoms with Crippen molar-refractivity contribution in [2.75, 3.05) is 5.73 Å².